The maximum Gasteiger partial charge on any atom is 0.143 e. The van der Waals surface area contributed by atoms with Crippen LogP contribution in [0.2, 0.25) is 5.15 Å². The van der Waals surface area contributed by atoms with Gasteiger partial charge >= 0.3 is 0 Å². The van der Waals surface area contributed by atoms with Gasteiger partial charge in [0.2, 0.25) is 0 Å². The van der Waals surface area contributed by atoms with Gasteiger partial charge in [-0.15, -0.1) is 0 Å². The van der Waals surface area contributed by atoms with Crippen LogP contribution in [0.5, 0.6) is 0 Å². The Morgan fingerprint density at radius 1 is 1.58 bits per heavy atom. The Bertz CT molecular complexity index is 436. The molecule has 2 nitrogen and oxygen atoms in total. The van der Waals surface area contributed by atoms with Crippen molar-refractivity contribution in [1.29, 1.82) is 0 Å². The number of fused-ring (bicyclic) bond motifs is 1. The minimum absolute atomic E-state index is 0.508. The standard InChI is InChI=1S/C8H6BrClN2/c1-12-3-2-5-6(12)4-11-8(10)7(5)9/h2-4H,1H3. The minimum Gasteiger partial charge on any atom is -0.349 e. The number of aromatic nitrogens is 2. The molecular weight excluding hydrogens is 239 g/mol. The topological polar surface area (TPSA) is 17.8 Å². The molecule has 0 unspecified atom stereocenters. The van der Waals surface area contributed by atoms with Crippen molar-refractivity contribution in [3.05, 3.63) is 28.1 Å². The zero-order chi connectivity index (χ0) is 8.72. The molecule has 0 radical (unpaired) electrons. The molecular formula is C8H6BrClN2. The van der Waals surface area contributed by atoms with Crippen molar-refractivity contribution in [3.8, 4) is 0 Å². The van der Waals surface area contributed by atoms with E-state index in [9.17, 15) is 0 Å². The zero-order valence-electron chi connectivity index (χ0n) is 6.38. The van der Waals surface area contributed by atoms with Gasteiger partial charge in [-0.1, -0.05) is 11.6 Å². The van der Waals surface area contributed by atoms with Gasteiger partial charge in [0.15, 0.2) is 0 Å². The van der Waals surface area contributed by atoms with Gasteiger partial charge in [0.25, 0.3) is 0 Å². The van der Waals surface area contributed by atoms with Crippen molar-refractivity contribution < 1.29 is 0 Å². The molecule has 0 amide bonds. The normalized spacial score (nSPS) is 10.9. The maximum absolute atomic E-state index is 5.83. The molecule has 0 aromatic carbocycles. The predicted octanol–water partition coefficient (Wildman–Crippen LogP) is 2.99. The second-order valence-electron chi connectivity index (χ2n) is 2.59. The average Bonchev–Trinajstić information content (AvgIpc) is 2.41. The van der Waals surface area contributed by atoms with E-state index < -0.39 is 0 Å². The van der Waals surface area contributed by atoms with Gasteiger partial charge in [-0.2, -0.15) is 0 Å². The molecule has 0 saturated heterocycles. The lowest BCUT2D eigenvalue weighted by molar-refractivity contribution is 0.965. The summed E-state index contributed by atoms with van der Waals surface area (Å²) in [5, 5.41) is 1.60. The highest BCUT2D eigenvalue weighted by molar-refractivity contribution is 9.10. The Labute approximate surface area is 83.3 Å². The Kier molecular flexibility index (Phi) is 1.85. The summed E-state index contributed by atoms with van der Waals surface area (Å²) >= 11 is 9.22. The first-order chi connectivity index (χ1) is 5.70. The molecule has 12 heavy (non-hydrogen) atoms. The first-order valence-electron chi connectivity index (χ1n) is 3.45. The summed E-state index contributed by atoms with van der Waals surface area (Å²) in [6, 6.07) is 2.01. The third kappa shape index (κ3) is 1.04. The SMILES string of the molecule is Cn1ccc2c(Br)c(Cl)ncc21. The van der Waals surface area contributed by atoms with Crippen molar-refractivity contribution in [1.82, 2.24) is 9.55 Å². The summed E-state index contributed by atoms with van der Waals surface area (Å²) in [5.74, 6) is 0. The molecule has 0 atom stereocenters. The fourth-order valence-electron chi connectivity index (χ4n) is 1.17. The summed E-state index contributed by atoms with van der Waals surface area (Å²) in [6.07, 6.45) is 3.75. The lowest BCUT2D eigenvalue weighted by Crippen LogP contribution is -1.85. The van der Waals surface area contributed by atoms with Crippen LogP contribution in [0.15, 0.2) is 22.9 Å². The van der Waals surface area contributed by atoms with Crippen LogP contribution in [-0.4, -0.2) is 9.55 Å². The molecule has 2 heterocycles. The first-order valence-corrected chi connectivity index (χ1v) is 4.62. The van der Waals surface area contributed by atoms with Gasteiger partial charge < -0.3 is 4.57 Å². The summed E-state index contributed by atoms with van der Waals surface area (Å²) < 4.78 is 2.87. The summed E-state index contributed by atoms with van der Waals surface area (Å²) in [4.78, 5) is 4.04. The number of aryl methyl sites for hydroxylation is 1. The highest BCUT2D eigenvalue weighted by atomic mass is 79.9. The molecule has 0 spiro atoms. The molecule has 2 rings (SSSR count). The van der Waals surface area contributed by atoms with Gasteiger partial charge in [-0.05, 0) is 22.0 Å². The lowest BCUT2D eigenvalue weighted by atomic mass is 10.3. The van der Waals surface area contributed by atoms with Gasteiger partial charge in [0.1, 0.15) is 5.15 Å². The van der Waals surface area contributed by atoms with E-state index in [0.717, 1.165) is 15.4 Å². The number of rotatable bonds is 0. The Hall–Kier alpha value is -0.540. The van der Waals surface area contributed by atoms with Crippen LogP contribution in [0, 0.1) is 0 Å². The van der Waals surface area contributed by atoms with Crippen molar-refractivity contribution >= 4 is 38.4 Å². The highest BCUT2D eigenvalue weighted by Gasteiger charge is 2.05. The molecule has 0 bridgehead atoms. The second kappa shape index (κ2) is 2.75. The number of halogens is 2. The highest BCUT2D eigenvalue weighted by Crippen LogP contribution is 2.29. The molecule has 2 aromatic rings. The van der Waals surface area contributed by atoms with Crippen molar-refractivity contribution in [2.75, 3.05) is 0 Å². The number of hydrogen-bond donors (Lipinski definition) is 0. The van der Waals surface area contributed by atoms with Crippen molar-refractivity contribution in [3.63, 3.8) is 0 Å². The molecule has 2 aromatic heterocycles. The second-order valence-corrected chi connectivity index (χ2v) is 3.74. The van der Waals surface area contributed by atoms with E-state index in [0.29, 0.717) is 5.15 Å². The Balaban J connectivity index is 2.93. The largest absolute Gasteiger partial charge is 0.349 e. The van der Waals surface area contributed by atoms with Crippen LogP contribution in [0.25, 0.3) is 10.9 Å². The minimum atomic E-state index is 0.508. The number of nitrogens with zero attached hydrogens (tertiary/aromatic N) is 2. The van der Waals surface area contributed by atoms with E-state index in [-0.39, 0.29) is 0 Å². The molecule has 0 aliphatic heterocycles. The van der Waals surface area contributed by atoms with E-state index in [4.69, 9.17) is 11.6 Å². The Morgan fingerprint density at radius 2 is 2.33 bits per heavy atom. The van der Waals surface area contributed by atoms with E-state index >= 15 is 0 Å². The lowest BCUT2D eigenvalue weighted by Gasteiger charge is -1.98. The molecule has 0 N–H and O–H groups in total. The third-order valence-corrected chi connectivity index (χ3v) is 3.16. The molecule has 62 valence electrons. The monoisotopic (exact) mass is 244 g/mol. The molecule has 0 fully saturated rings. The van der Waals surface area contributed by atoms with Crippen LogP contribution in [-0.2, 0) is 7.05 Å². The number of hydrogen-bond acceptors (Lipinski definition) is 1. The van der Waals surface area contributed by atoms with E-state index in [1.54, 1.807) is 6.20 Å². The first kappa shape index (κ1) is 8.08. The van der Waals surface area contributed by atoms with Crippen molar-refractivity contribution in [2.24, 2.45) is 7.05 Å². The van der Waals surface area contributed by atoms with Crippen LogP contribution in [0.3, 0.4) is 0 Å². The van der Waals surface area contributed by atoms with Gasteiger partial charge in [-0.3, -0.25) is 0 Å². The maximum atomic E-state index is 5.83. The van der Waals surface area contributed by atoms with Gasteiger partial charge in [0, 0.05) is 18.6 Å². The van der Waals surface area contributed by atoms with Crippen LogP contribution in [0.1, 0.15) is 0 Å². The fraction of sp³-hybridized carbons (Fsp3) is 0.125. The fourth-order valence-corrected chi connectivity index (χ4v) is 1.76. The van der Waals surface area contributed by atoms with Gasteiger partial charge in [0.05, 0.1) is 16.2 Å². The van der Waals surface area contributed by atoms with E-state index in [1.807, 2.05) is 23.9 Å². The number of pyridine rings is 1. The predicted molar refractivity (Wildman–Crippen MR) is 53.4 cm³/mol. The third-order valence-electron chi connectivity index (χ3n) is 1.84. The van der Waals surface area contributed by atoms with Crippen LogP contribution < -0.4 is 0 Å². The van der Waals surface area contributed by atoms with E-state index in [2.05, 4.69) is 20.9 Å². The summed E-state index contributed by atoms with van der Waals surface area (Å²) in [6.45, 7) is 0. The molecule has 0 saturated carbocycles. The van der Waals surface area contributed by atoms with Crippen LogP contribution in [0.4, 0.5) is 0 Å². The molecule has 0 aliphatic carbocycles. The Morgan fingerprint density at radius 3 is 3.08 bits per heavy atom. The van der Waals surface area contributed by atoms with Crippen molar-refractivity contribution in [2.45, 2.75) is 0 Å². The molecule has 4 heteroatoms. The average molecular weight is 246 g/mol. The van der Waals surface area contributed by atoms with Crippen LogP contribution >= 0.6 is 27.5 Å². The van der Waals surface area contributed by atoms with E-state index in [1.165, 1.54) is 0 Å². The molecule has 0 aliphatic rings. The summed E-state index contributed by atoms with van der Waals surface area (Å²) in [5.41, 5.74) is 1.08. The summed E-state index contributed by atoms with van der Waals surface area (Å²) in [7, 11) is 1.98. The van der Waals surface area contributed by atoms with Gasteiger partial charge in [-0.25, -0.2) is 4.98 Å². The quantitative estimate of drug-likeness (QED) is 0.653. The smallest absolute Gasteiger partial charge is 0.143 e. The zero-order valence-corrected chi connectivity index (χ0v) is 8.72.